The number of hydrogen-bond donors (Lipinski definition) is 2. The van der Waals surface area contributed by atoms with E-state index in [9.17, 15) is 15.0 Å². The zero-order chi connectivity index (χ0) is 17.8. The Morgan fingerprint density at radius 2 is 1.91 bits per heavy atom. The molecule has 4 atom stereocenters. The highest BCUT2D eigenvalue weighted by atomic mass is 28.4. The van der Waals surface area contributed by atoms with Gasteiger partial charge in [0.05, 0.1) is 37.9 Å². The summed E-state index contributed by atoms with van der Waals surface area (Å²) in [5.74, 6) is -0.352. The van der Waals surface area contributed by atoms with Crippen LogP contribution < -0.4 is 0 Å². The lowest BCUT2D eigenvalue weighted by Gasteiger charge is -2.45. The molecule has 0 aromatic carbocycles. The molecule has 136 valence electrons. The maximum atomic E-state index is 11.8. The fraction of sp³-hybridized carbons (Fsp3) is 0.938. The average Bonchev–Trinajstić information content (AvgIpc) is 2.40. The van der Waals surface area contributed by atoms with Crippen molar-refractivity contribution in [3.8, 4) is 0 Å². The highest BCUT2D eigenvalue weighted by Crippen LogP contribution is 2.39. The van der Waals surface area contributed by atoms with Crippen LogP contribution in [0.1, 0.15) is 40.5 Å². The number of hydrogen-bond acceptors (Lipinski definition) is 6. The van der Waals surface area contributed by atoms with Crippen LogP contribution in [0.4, 0.5) is 0 Å². The Balaban J connectivity index is 2.88. The van der Waals surface area contributed by atoms with E-state index in [-0.39, 0.29) is 30.1 Å². The monoisotopic (exact) mass is 348 g/mol. The van der Waals surface area contributed by atoms with Gasteiger partial charge in [0.2, 0.25) is 0 Å². The molecule has 0 amide bonds. The summed E-state index contributed by atoms with van der Waals surface area (Å²) in [6, 6.07) is 0. The third-order valence-corrected chi connectivity index (χ3v) is 9.28. The quantitative estimate of drug-likeness (QED) is 0.563. The summed E-state index contributed by atoms with van der Waals surface area (Å²) in [6.07, 6.45) is -1.96. The number of carbonyl (C=O) groups excluding carboxylic acids is 1. The minimum absolute atomic E-state index is 0.0141. The van der Waals surface area contributed by atoms with E-state index in [1.807, 2.05) is 0 Å². The summed E-state index contributed by atoms with van der Waals surface area (Å²) < 4.78 is 17.1. The molecule has 1 fully saturated rings. The minimum Gasteiger partial charge on any atom is -0.466 e. The van der Waals surface area contributed by atoms with Crippen LogP contribution in [0.25, 0.3) is 0 Å². The molecular formula is C16H32O6Si. The van der Waals surface area contributed by atoms with Crippen molar-refractivity contribution < 1.29 is 28.9 Å². The van der Waals surface area contributed by atoms with Crippen molar-refractivity contribution in [3.05, 3.63) is 0 Å². The molecule has 1 saturated heterocycles. The van der Waals surface area contributed by atoms with Gasteiger partial charge in [0, 0.05) is 6.42 Å². The Morgan fingerprint density at radius 3 is 2.39 bits per heavy atom. The van der Waals surface area contributed by atoms with Gasteiger partial charge in [0.15, 0.2) is 8.32 Å². The van der Waals surface area contributed by atoms with E-state index in [2.05, 4.69) is 33.9 Å². The van der Waals surface area contributed by atoms with Gasteiger partial charge in [-0.2, -0.15) is 0 Å². The number of aliphatic hydroxyl groups excluding tert-OH is 2. The van der Waals surface area contributed by atoms with Gasteiger partial charge in [-0.15, -0.1) is 0 Å². The SMILES string of the molecule is CCOC(=O)C[C@@H]1O[C@H](CO)[C@@H](O)C[C@H]1O[Si](C)(C)C(C)(C)C. The number of esters is 1. The van der Waals surface area contributed by atoms with E-state index >= 15 is 0 Å². The molecule has 23 heavy (non-hydrogen) atoms. The maximum Gasteiger partial charge on any atom is 0.308 e. The first-order valence-corrected chi connectivity index (χ1v) is 11.2. The zero-order valence-electron chi connectivity index (χ0n) is 15.2. The van der Waals surface area contributed by atoms with Crippen LogP contribution in [0.2, 0.25) is 18.1 Å². The average molecular weight is 349 g/mol. The van der Waals surface area contributed by atoms with E-state index in [0.717, 1.165) is 0 Å². The van der Waals surface area contributed by atoms with Crippen molar-refractivity contribution in [1.82, 2.24) is 0 Å². The summed E-state index contributed by atoms with van der Waals surface area (Å²) in [7, 11) is -2.07. The highest BCUT2D eigenvalue weighted by molar-refractivity contribution is 6.74. The fourth-order valence-corrected chi connectivity index (χ4v) is 3.71. The van der Waals surface area contributed by atoms with Crippen LogP contribution in [-0.4, -0.2) is 62.1 Å². The summed E-state index contributed by atoms with van der Waals surface area (Å²) in [5.41, 5.74) is 0. The lowest BCUT2D eigenvalue weighted by atomic mass is 9.97. The van der Waals surface area contributed by atoms with Gasteiger partial charge in [-0.05, 0) is 25.1 Å². The van der Waals surface area contributed by atoms with Crippen LogP contribution in [0.15, 0.2) is 0 Å². The zero-order valence-corrected chi connectivity index (χ0v) is 16.2. The van der Waals surface area contributed by atoms with Gasteiger partial charge >= 0.3 is 5.97 Å². The topological polar surface area (TPSA) is 85.2 Å². The lowest BCUT2D eigenvalue weighted by molar-refractivity contribution is -0.185. The van der Waals surface area contributed by atoms with Crippen LogP contribution >= 0.6 is 0 Å². The molecule has 1 rings (SSSR count). The van der Waals surface area contributed by atoms with Crippen molar-refractivity contribution in [2.45, 2.75) is 83.1 Å². The molecular weight excluding hydrogens is 316 g/mol. The number of aliphatic hydroxyl groups is 2. The molecule has 1 aliphatic heterocycles. The Hall–Kier alpha value is -0.473. The lowest BCUT2D eigenvalue weighted by Crippen LogP contribution is -2.55. The van der Waals surface area contributed by atoms with Crippen molar-refractivity contribution >= 4 is 14.3 Å². The Labute approximate surface area is 140 Å². The predicted molar refractivity (Wildman–Crippen MR) is 89.7 cm³/mol. The molecule has 0 bridgehead atoms. The molecule has 7 heteroatoms. The molecule has 0 radical (unpaired) electrons. The van der Waals surface area contributed by atoms with E-state index < -0.39 is 26.6 Å². The first-order chi connectivity index (χ1) is 10.5. The molecule has 0 aliphatic carbocycles. The smallest absolute Gasteiger partial charge is 0.308 e. The minimum atomic E-state index is -2.07. The maximum absolute atomic E-state index is 11.8. The van der Waals surface area contributed by atoms with Crippen molar-refractivity contribution in [2.24, 2.45) is 0 Å². The number of ether oxygens (including phenoxy) is 2. The van der Waals surface area contributed by atoms with Crippen LogP contribution in [0.3, 0.4) is 0 Å². The van der Waals surface area contributed by atoms with Crippen molar-refractivity contribution in [3.63, 3.8) is 0 Å². The van der Waals surface area contributed by atoms with Gasteiger partial charge in [-0.3, -0.25) is 4.79 Å². The second-order valence-corrected chi connectivity index (χ2v) is 12.4. The standard InChI is InChI=1S/C16H32O6Si/c1-7-20-15(19)9-12-13(8-11(18)14(10-17)21-12)22-23(5,6)16(2,3)4/h11-14,17-18H,7-10H2,1-6H3/t11-,12-,13+,14+/m0/s1. The first-order valence-electron chi connectivity index (χ1n) is 8.29. The first kappa shape index (κ1) is 20.6. The van der Waals surface area contributed by atoms with E-state index in [1.165, 1.54) is 0 Å². The Bertz CT molecular complexity index is 393. The largest absolute Gasteiger partial charge is 0.466 e. The third-order valence-electron chi connectivity index (χ3n) is 4.77. The molecule has 0 spiro atoms. The molecule has 0 aromatic heterocycles. The summed E-state index contributed by atoms with van der Waals surface area (Å²) in [6.45, 7) is 12.4. The molecule has 0 saturated carbocycles. The van der Waals surface area contributed by atoms with Gasteiger partial charge in [0.25, 0.3) is 0 Å². The molecule has 2 N–H and O–H groups in total. The Kier molecular flexibility index (Phi) is 7.22. The van der Waals surface area contributed by atoms with Crippen LogP contribution in [0.5, 0.6) is 0 Å². The van der Waals surface area contributed by atoms with Crippen molar-refractivity contribution in [1.29, 1.82) is 0 Å². The molecule has 6 nitrogen and oxygen atoms in total. The predicted octanol–water partition coefficient (Wildman–Crippen LogP) is 1.84. The fourth-order valence-electron chi connectivity index (χ4n) is 2.35. The van der Waals surface area contributed by atoms with Crippen LogP contribution in [0, 0.1) is 0 Å². The van der Waals surface area contributed by atoms with Crippen LogP contribution in [-0.2, 0) is 18.7 Å². The normalized spacial score (nSPS) is 29.4. The second kappa shape index (κ2) is 8.07. The number of rotatable bonds is 6. The van der Waals surface area contributed by atoms with Gasteiger partial charge < -0.3 is 24.1 Å². The van der Waals surface area contributed by atoms with E-state index in [0.29, 0.717) is 13.0 Å². The van der Waals surface area contributed by atoms with Crippen molar-refractivity contribution in [2.75, 3.05) is 13.2 Å². The van der Waals surface area contributed by atoms with E-state index in [4.69, 9.17) is 13.9 Å². The summed E-state index contributed by atoms with van der Waals surface area (Å²) >= 11 is 0. The summed E-state index contributed by atoms with van der Waals surface area (Å²) in [5, 5.41) is 19.5. The second-order valence-electron chi connectivity index (χ2n) is 7.62. The van der Waals surface area contributed by atoms with Gasteiger partial charge in [-0.25, -0.2) is 0 Å². The van der Waals surface area contributed by atoms with Gasteiger partial charge in [0.1, 0.15) is 6.10 Å². The third kappa shape index (κ3) is 5.53. The van der Waals surface area contributed by atoms with E-state index in [1.54, 1.807) is 6.92 Å². The summed E-state index contributed by atoms with van der Waals surface area (Å²) in [4.78, 5) is 11.8. The molecule has 1 heterocycles. The molecule has 1 aliphatic rings. The molecule has 0 unspecified atom stereocenters. The van der Waals surface area contributed by atoms with Gasteiger partial charge in [-0.1, -0.05) is 20.8 Å². The highest BCUT2D eigenvalue weighted by Gasteiger charge is 2.45. The number of carbonyl (C=O) groups is 1. The molecule has 0 aromatic rings. The Morgan fingerprint density at radius 1 is 1.30 bits per heavy atom.